The molecule has 2 atom stereocenters. The fourth-order valence-corrected chi connectivity index (χ4v) is 2.62. The largest absolute Gasteiger partial charge is 0.469 e. The van der Waals surface area contributed by atoms with Crippen molar-refractivity contribution in [1.82, 2.24) is 0 Å². The van der Waals surface area contributed by atoms with Gasteiger partial charge in [-0.3, -0.25) is 4.79 Å². The summed E-state index contributed by atoms with van der Waals surface area (Å²) in [6.07, 6.45) is 1.51. The molecule has 1 aromatic heterocycles. The monoisotopic (exact) mass is 290 g/mol. The molecular formula is C14H14N2O3S. The Kier molecular flexibility index (Phi) is 4.30. The zero-order valence-corrected chi connectivity index (χ0v) is 12.1. The molecule has 1 aliphatic heterocycles. The molecular weight excluding hydrogens is 276 g/mol. The van der Waals surface area contributed by atoms with E-state index in [-0.39, 0.29) is 6.61 Å². The third kappa shape index (κ3) is 2.49. The van der Waals surface area contributed by atoms with E-state index in [1.54, 1.807) is 26.0 Å². The second-order valence-electron chi connectivity index (χ2n) is 4.33. The van der Waals surface area contributed by atoms with E-state index in [0.29, 0.717) is 22.1 Å². The fourth-order valence-electron chi connectivity index (χ4n) is 2.28. The number of nitriles is 1. The van der Waals surface area contributed by atoms with Gasteiger partial charge in [0.1, 0.15) is 16.7 Å². The predicted octanol–water partition coefficient (Wildman–Crippen LogP) is 2.68. The quantitative estimate of drug-likeness (QED) is 0.686. The number of nitrogens with zero attached hydrogens (tertiary/aromatic N) is 2. The summed E-state index contributed by atoms with van der Waals surface area (Å²) in [7, 11) is 0. The lowest BCUT2D eigenvalue weighted by molar-refractivity contribution is -0.146. The predicted molar refractivity (Wildman–Crippen MR) is 76.3 cm³/mol. The molecule has 0 spiro atoms. The number of allylic oxidation sites excluding steroid dienone is 1. The van der Waals surface area contributed by atoms with Crippen molar-refractivity contribution in [2.45, 2.75) is 19.8 Å². The van der Waals surface area contributed by atoms with Gasteiger partial charge in [0.15, 0.2) is 0 Å². The van der Waals surface area contributed by atoms with E-state index in [2.05, 4.69) is 23.7 Å². The smallest absolute Gasteiger partial charge is 0.315 e. The highest BCUT2D eigenvalue weighted by molar-refractivity contribution is 7.84. The van der Waals surface area contributed by atoms with Crippen LogP contribution in [0, 0.1) is 17.2 Å². The molecule has 6 heteroatoms. The van der Waals surface area contributed by atoms with Gasteiger partial charge in [0, 0.05) is 5.71 Å². The van der Waals surface area contributed by atoms with E-state index in [0.717, 1.165) is 0 Å². The molecule has 5 nitrogen and oxygen atoms in total. The van der Waals surface area contributed by atoms with Crippen LogP contribution in [-0.4, -0.2) is 18.3 Å². The number of thiol groups is 1. The average molecular weight is 290 g/mol. The van der Waals surface area contributed by atoms with Crippen molar-refractivity contribution in [3.8, 4) is 6.07 Å². The molecule has 20 heavy (non-hydrogen) atoms. The summed E-state index contributed by atoms with van der Waals surface area (Å²) in [5.74, 6) is -1.09. The highest BCUT2D eigenvalue weighted by Gasteiger charge is 2.41. The number of hydrogen-bond acceptors (Lipinski definition) is 6. The first-order chi connectivity index (χ1) is 9.60. The van der Waals surface area contributed by atoms with Crippen molar-refractivity contribution in [2.24, 2.45) is 10.9 Å². The second-order valence-corrected chi connectivity index (χ2v) is 4.75. The summed E-state index contributed by atoms with van der Waals surface area (Å²) < 4.78 is 10.5. The Morgan fingerprint density at radius 3 is 2.95 bits per heavy atom. The van der Waals surface area contributed by atoms with Gasteiger partial charge < -0.3 is 9.15 Å². The maximum Gasteiger partial charge on any atom is 0.315 e. The van der Waals surface area contributed by atoms with Gasteiger partial charge in [-0.1, -0.05) is 0 Å². The summed E-state index contributed by atoms with van der Waals surface area (Å²) in [6, 6.07) is 5.51. The van der Waals surface area contributed by atoms with E-state index in [1.807, 2.05) is 0 Å². The van der Waals surface area contributed by atoms with Gasteiger partial charge in [0.05, 0.1) is 30.4 Å². The number of esters is 1. The Hall–Kier alpha value is -2.00. The van der Waals surface area contributed by atoms with Gasteiger partial charge in [-0.2, -0.15) is 5.26 Å². The third-order valence-corrected chi connectivity index (χ3v) is 3.47. The average Bonchev–Trinajstić information content (AvgIpc) is 2.91. The number of carbonyl (C=O) groups excluding carboxylic acids is 1. The first-order valence-electron chi connectivity index (χ1n) is 6.18. The zero-order chi connectivity index (χ0) is 14.7. The van der Waals surface area contributed by atoms with Gasteiger partial charge in [-0.25, -0.2) is 4.99 Å². The van der Waals surface area contributed by atoms with Crippen LogP contribution < -0.4 is 0 Å². The number of furan rings is 1. The molecule has 1 unspecified atom stereocenters. The molecule has 0 fully saturated rings. The van der Waals surface area contributed by atoms with E-state index < -0.39 is 17.8 Å². The molecule has 2 rings (SSSR count). The van der Waals surface area contributed by atoms with Gasteiger partial charge in [0.25, 0.3) is 0 Å². The molecule has 2 heterocycles. The lowest BCUT2D eigenvalue weighted by Crippen LogP contribution is -2.33. The minimum Gasteiger partial charge on any atom is -0.469 e. The van der Waals surface area contributed by atoms with Gasteiger partial charge in [-0.05, 0) is 26.0 Å². The van der Waals surface area contributed by atoms with E-state index in [9.17, 15) is 10.1 Å². The van der Waals surface area contributed by atoms with Crippen LogP contribution in [0.15, 0.2) is 38.4 Å². The van der Waals surface area contributed by atoms with Crippen molar-refractivity contribution in [3.63, 3.8) is 0 Å². The van der Waals surface area contributed by atoms with Gasteiger partial charge >= 0.3 is 5.97 Å². The Balaban J connectivity index is 2.52. The molecule has 0 saturated heterocycles. The number of hydrogen-bond donors (Lipinski definition) is 1. The van der Waals surface area contributed by atoms with Crippen LogP contribution >= 0.6 is 12.6 Å². The van der Waals surface area contributed by atoms with Crippen LogP contribution in [0.2, 0.25) is 0 Å². The van der Waals surface area contributed by atoms with Gasteiger partial charge in [-0.15, -0.1) is 12.6 Å². The van der Waals surface area contributed by atoms with E-state index >= 15 is 0 Å². The fraction of sp³-hybridized carbons (Fsp3) is 0.357. The van der Waals surface area contributed by atoms with Crippen molar-refractivity contribution in [2.75, 3.05) is 6.61 Å². The Bertz CT molecular complexity index is 611. The van der Waals surface area contributed by atoms with Crippen LogP contribution in [-0.2, 0) is 9.53 Å². The van der Waals surface area contributed by atoms with E-state index in [1.165, 1.54) is 6.26 Å². The standard InChI is InChI=1S/C14H14N2O3S/c1-3-18-14(17)11-8(2)16-13(20)9(7-15)12(11)10-5-4-6-19-10/h4-6,11-12,20H,3H2,1-2H3/t11?,12-/m0/s1. The molecule has 0 amide bonds. The van der Waals surface area contributed by atoms with Crippen molar-refractivity contribution in [3.05, 3.63) is 34.8 Å². The molecule has 1 aromatic rings. The Labute approximate surface area is 122 Å². The maximum absolute atomic E-state index is 12.2. The Morgan fingerprint density at radius 1 is 1.65 bits per heavy atom. The van der Waals surface area contributed by atoms with Crippen molar-refractivity contribution >= 4 is 24.3 Å². The van der Waals surface area contributed by atoms with Crippen LogP contribution in [0.3, 0.4) is 0 Å². The molecule has 0 aromatic carbocycles. The molecule has 0 aliphatic carbocycles. The summed E-state index contributed by atoms with van der Waals surface area (Å²) in [6.45, 7) is 3.73. The number of aliphatic imine (C=N–C) groups is 1. The van der Waals surface area contributed by atoms with Crippen LogP contribution in [0.5, 0.6) is 0 Å². The molecule has 0 bridgehead atoms. The van der Waals surface area contributed by atoms with Crippen LogP contribution in [0.25, 0.3) is 0 Å². The second kappa shape index (κ2) is 5.97. The van der Waals surface area contributed by atoms with Crippen molar-refractivity contribution < 1.29 is 13.9 Å². The lowest BCUT2D eigenvalue weighted by atomic mass is 9.80. The first kappa shape index (κ1) is 14.4. The molecule has 104 valence electrons. The zero-order valence-electron chi connectivity index (χ0n) is 11.2. The number of rotatable bonds is 3. The normalized spacial score (nSPS) is 22.2. The molecule has 0 saturated carbocycles. The summed E-state index contributed by atoms with van der Waals surface area (Å²) in [5.41, 5.74) is 0.876. The summed E-state index contributed by atoms with van der Waals surface area (Å²) >= 11 is 4.22. The highest BCUT2D eigenvalue weighted by Crippen LogP contribution is 2.40. The van der Waals surface area contributed by atoms with Crippen LogP contribution in [0.4, 0.5) is 0 Å². The maximum atomic E-state index is 12.2. The number of carbonyl (C=O) groups is 1. The lowest BCUT2D eigenvalue weighted by Gasteiger charge is -2.27. The topological polar surface area (TPSA) is 75.6 Å². The summed E-state index contributed by atoms with van der Waals surface area (Å²) in [4.78, 5) is 16.4. The molecule has 1 aliphatic rings. The minimum absolute atomic E-state index is 0.271. The van der Waals surface area contributed by atoms with E-state index in [4.69, 9.17) is 9.15 Å². The summed E-state index contributed by atoms with van der Waals surface area (Å²) in [5, 5.41) is 9.64. The first-order valence-corrected chi connectivity index (χ1v) is 6.63. The molecule has 0 N–H and O–H groups in total. The third-order valence-electron chi connectivity index (χ3n) is 3.13. The SMILES string of the molecule is CCOC(=O)C1C(C)=NC(S)=C(C#N)[C@H]1c1ccco1. The van der Waals surface area contributed by atoms with Crippen molar-refractivity contribution in [1.29, 1.82) is 5.26 Å². The number of ether oxygens (including phenoxy) is 1. The molecule has 0 radical (unpaired) electrons. The Morgan fingerprint density at radius 2 is 2.40 bits per heavy atom. The van der Waals surface area contributed by atoms with Crippen LogP contribution in [0.1, 0.15) is 25.5 Å². The minimum atomic E-state index is -0.661. The van der Waals surface area contributed by atoms with Gasteiger partial charge in [0.2, 0.25) is 0 Å². The highest BCUT2D eigenvalue weighted by atomic mass is 32.1.